The molecule has 0 saturated carbocycles. The Labute approximate surface area is 242 Å². The number of carbonyl (C=O) groups is 3. The number of piperidine rings is 1. The van der Waals surface area contributed by atoms with Crippen LogP contribution in [0.3, 0.4) is 0 Å². The zero-order chi connectivity index (χ0) is 29.5. The fraction of sp³-hybridized carbons (Fsp3) is 0.333. The lowest BCUT2D eigenvalue weighted by molar-refractivity contribution is -0.123. The molecule has 2 fully saturated rings. The van der Waals surface area contributed by atoms with E-state index in [4.69, 9.17) is 4.74 Å². The van der Waals surface area contributed by atoms with Crippen LogP contribution in [0.2, 0.25) is 0 Å². The summed E-state index contributed by atoms with van der Waals surface area (Å²) in [5.41, 5.74) is 0.205. The summed E-state index contributed by atoms with van der Waals surface area (Å²) in [6, 6.07) is 12.4. The number of benzene rings is 2. The molecule has 42 heavy (non-hydrogen) atoms. The number of likely N-dealkylation sites (tertiary alicyclic amines) is 2. The molecule has 0 spiro atoms. The Morgan fingerprint density at radius 1 is 0.833 bits per heavy atom. The number of hydrogen-bond acceptors (Lipinski definition) is 6. The molecule has 0 atom stereocenters. The van der Waals surface area contributed by atoms with Crippen molar-refractivity contribution in [1.82, 2.24) is 14.8 Å². The number of urea groups is 1. The van der Waals surface area contributed by atoms with E-state index < -0.39 is 29.9 Å². The van der Waals surface area contributed by atoms with E-state index in [1.807, 2.05) is 0 Å². The lowest BCUT2D eigenvalue weighted by Gasteiger charge is -2.36. The van der Waals surface area contributed by atoms with Gasteiger partial charge in [0.1, 0.15) is 35.4 Å². The molecule has 3 N–H and O–H groups in total. The highest BCUT2D eigenvalue weighted by atomic mass is 19.1. The first-order chi connectivity index (χ1) is 20.3. The van der Waals surface area contributed by atoms with Gasteiger partial charge in [-0.3, -0.25) is 14.9 Å². The summed E-state index contributed by atoms with van der Waals surface area (Å²) in [6.07, 6.45) is 5.33. The molecule has 12 heteroatoms. The van der Waals surface area contributed by atoms with Gasteiger partial charge in [0, 0.05) is 43.1 Å². The van der Waals surface area contributed by atoms with Crippen LogP contribution in [-0.4, -0.2) is 64.9 Å². The summed E-state index contributed by atoms with van der Waals surface area (Å²) in [4.78, 5) is 45.6. The minimum absolute atomic E-state index is 0.127. The number of nitrogens with zero attached hydrogens (tertiary/aromatic N) is 3. The topological polar surface area (TPSA) is 116 Å². The van der Waals surface area contributed by atoms with Crippen molar-refractivity contribution in [2.24, 2.45) is 0 Å². The fourth-order valence-corrected chi connectivity index (χ4v) is 5.15. The second-order valence-electron chi connectivity index (χ2n) is 10.3. The minimum Gasteiger partial charge on any atom is -0.457 e. The molecule has 0 unspecified atom stereocenters. The minimum atomic E-state index is -0.764. The molecule has 4 amide bonds. The highest BCUT2D eigenvalue weighted by Gasteiger charge is 2.28. The first-order valence-corrected chi connectivity index (χ1v) is 13.9. The molecule has 2 aliphatic heterocycles. The zero-order valence-electron chi connectivity index (χ0n) is 22.9. The lowest BCUT2D eigenvalue weighted by Crippen LogP contribution is -2.47. The van der Waals surface area contributed by atoms with Crippen molar-refractivity contribution in [1.29, 1.82) is 0 Å². The average Bonchev–Trinajstić information content (AvgIpc) is 3.51. The van der Waals surface area contributed by atoms with Gasteiger partial charge in [-0.1, -0.05) is 0 Å². The summed E-state index contributed by atoms with van der Waals surface area (Å²) in [7, 11) is 0. The van der Waals surface area contributed by atoms with Crippen molar-refractivity contribution in [3.05, 3.63) is 72.4 Å². The van der Waals surface area contributed by atoms with Crippen molar-refractivity contribution < 1.29 is 27.9 Å². The molecule has 2 saturated heterocycles. The van der Waals surface area contributed by atoms with Gasteiger partial charge < -0.3 is 25.2 Å². The normalized spacial score (nSPS) is 15.7. The lowest BCUT2D eigenvalue weighted by atomic mass is 10.0. The third kappa shape index (κ3) is 7.78. The molecular formula is C30H32F2N6O4. The first kappa shape index (κ1) is 28.9. The highest BCUT2D eigenvalue weighted by molar-refractivity contribution is 6.08. The molecular weight excluding hydrogens is 546 g/mol. The maximum Gasteiger partial charge on any atom is 0.323 e. The molecule has 5 rings (SSSR count). The van der Waals surface area contributed by atoms with E-state index in [1.54, 1.807) is 17.0 Å². The SMILES string of the molecule is O=C(CC(=O)Nc1ccc(Oc2ccnc(NC(=O)N3CCC(N4CCCC4)CC3)c2)cc1F)Nc1ccc(F)cc1. The van der Waals surface area contributed by atoms with Gasteiger partial charge in [-0.15, -0.1) is 0 Å². The number of hydrogen-bond donors (Lipinski definition) is 3. The van der Waals surface area contributed by atoms with E-state index in [1.165, 1.54) is 55.4 Å². The van der Waals surface area contributed by atoms with Gasteiger partial charge >= 0.3 is 6.03 Å². The van der Waals surface area contributed by atoms with Crippen LogP contribution in [0, 0.1) is 11.6 Å². The summed E-state index contributed by atoms with van der Waals surface area (Å²) in [6.45, 7) is 3.66. The Bertz CT molecular complexity index is 1420. The Hall–Kier alpha value is -4.58. The van der Waals surface area contributed by atoms with Crippen LogP contribution in [0.15, 0.2) is 60.8 Å². The van der Waals surface area contributed by atoms with Gasteiger partial charge in [-0.2, -0.15) is 0 Å². The Morgan fingerprint density at radius 2 is 1.52 bits per heavy atom. The number of rotatable bonds is 8. The third-order valence-corrected chi connectivity index (χ3v) is 7.27. The van der Waals surface area contributed by atoms with Gasteiger partial charge in [-0.05, 0) is 81.2 Å². The van der Waals surface area contributed by atoms with Crippen LogP contribution in [-0.2, 0) is 9.59 Å². The zero-order valence-corrected chi connectivity index (χ0v) is 22.9. The van der Waals surface area contributed by atoms with Crippen molar-refractivity contribution in [2.75, 3.05) is 42.1 Å². The van der Waals surface area contributed by atoms with Crippen LogP contribution < -0.4 is 20.7 Å². The molecule has 2 aromatic carbocycles. The quantitative estimate of drug-likeness (QED) is 0.316. The molecule has 10 nitrogen and oxygen atoms in total. The Balaban J connectivity index is 1.10. The summed E-state index contributed by atoms with van der Waals surface area (Å²) >= 11 is 0. The summed E-state index contributed by atoms with van der Waals surface area (Å²) < 4.78 is 33.5. The molecule has 0 radical (unpaired) electrons. The molecule has 0 aliphatic carbocycles. The Kier molecular flexibility index (Phi) is 9.22. The number of nitrogens with one attached hydrogen (secondary N) is 3. The maximum atomic E-state index is 14.7. The number of amides is 4. The third-order valence-electron chi connectivity index (χ3n) is 7.27. The predicted molar refractivity (Wildman–Crippen MR) is 153 cm³/mol. The van der Waals surface area contributed by atoms with Crippen LogP contribution in [0.4, 0.5) is 30.8 Å². The molecule has 1 aromatic heterocycles. The van der Waals surface area contributed by atoms with Crippen LogP contribution in [0.1, 0.15) is 32.1 Å². The van der Waals surface area contributed by atoms with Crippen molar-refractivity contribution in [3.63, 3.8) is 0 Å². The number of carbonyl (C=O) groups excluding carboxylic acids is 3. The van der Waals surface area contributed by atoms with Crippen LogP contribution in [0.25, 0.3) is 0 Å². The van der Waals surface area contributed by atoms with E-state index >= 15 is 0 Å². The number of anilines is 3. The smallest absolute Gasteiger partial charge is 0.323 e. The van der Waals surface area contributed by atoms with Gasteiger partial charge in [0.05, 0.1) is 5.69 Å². The highest BCUT2D eigenvalue weighted by Crippen LogP contribution is 2.27. The van der Waals surface area contributed by atoms with Crippen LogP contribution in [0.5, 0.6) is 11.5 Å². The molecule has 220 valence electrons. The van der Waals surface area contributed by atoms with Gasteiger partial charge in [0.25, 0.3) is 0 Å². The van der Waals surface area contributed by atoms with Crippen LogP contribution >= 0.6 is 0 Å². The second-order valence-corrected chi connectivity index (χ2v) is 10.3. The fourth-order valence-electron chi connectivity index (χ4n) is 5.15. The summed E-state index contributed by atoms with van der Waals surface area (Å²) in [5, 5.41) is 7.63. The van der Waals surface area contributed by atoms with Crippen molar-refractivity contribution in [3.8, 4) is 11.5 Å². The predicted octanol–water partition coefficient (Wildman–Crippen LogP) is 5.21. The van der Waals surface area contributed by atoms with Gasteiger partial charge in [0.15, 0.2) is 0 Å². The molecule has 3 heterocycles. The average molecular weight is 579 g/mol. The summed E-state index contributed by atoms with van der Waals surface area (Å²) in [5.74, 6) is -1.78. The number of halogens is 2. The second kappa shape index (κ2) is 13.4. The number of ether oxygens (including phenoxy) is 1. The Morgan fingerprint density at radius 3 is 2.24 bits per heavy atom. The largest absolute Gasteiger partial charge is 0.457 e. The van der Waals surface area contributed by atoms with E-state index in [-0.39, 0.29) is 17.5 Å². The molecule has 3 aromatic rings. The van der Waals surface area contributed by atoms with Crippen molar-refractivity contribution >= 4 is 35.0 Å². The van der Waals surface area contributed by atoms with E-state index in [2.05, 4.69) is 25.8 Å². The van der Waals surface area contributed by atoms with Gasteiger partial charge in [-0.25, -0.2) is 18.6 Å². The van der Waals surface area contributed by atoms with E-state index in [9.17, 15) is 23.2 Å². The molecule has 2 aliphatic rings. The standard InChI is InChI=1S/C30H32F2N6O4/c31-20-3-5-21(6-4-20)34-28(39)19-29(40)35-26-8-7-23(17-25(26)32)42-24-9-12-33-27(18-24)36-30(41)38-15-10-22(11-16-38)37-13-1-2-14-37/h3-9,12,17-18,22H,1-2,10-11,13-16,19H2,(H,34,39)(H,35,40)(H,33,36,41). The maximum absolute atomic E-state index is 14.7. The first-order valence-electron chi connectivity index (χ1n) is 13.9. The number of pyridine rings is 1. The number of aromatic nitrogens is 1. The monoisotopic (exact) mass is 578 g/mol. The van der Waals surface area contributed by atoms with Gasteiger partial charge in [0.2, 0.25) is 11.8 Å². The van der Waals surface area contributed by atoms with E-state index in [0.29, 0.717) is 36.4 Å². The van der Waals surface area contributed by atoms with E-state index in [0.717, 1.165) is 32.0 Å². The molecule has 0 bridgehead atoms. The van der Waals surface area contributed by atoms with Crippen molar-refractivity contribution in [2.45, 2.75) is 38.1 Å².